The van der Waals surface area contributed by atoms with E-state index in [1.165, 1.54) is 0 Å². The lowest BCUT2D eigenvalue weighted by Gasteiger charge is -2.53. The summed E-state index contributed by atoms with van der Waals surface area (Å²) in [6, 6.07) is 12.0. The summed E-state index contributed by atoms with van der Waals surface area (Å²) in [7, 11) is 0. The Kier molecular flexibility index (Phi) is 7.91. The van der Waals surface area contributed by atoms with Gasteiger partial charge in [0.05, 0.1) is 23.8 Å². The van der Waals surface area contributed by atoms with E-state index >= 15 is 0 Å². The minimum absolute atomic E-state index is 0.102. The number of nitrogens with zero attached hydrogens (tertiary/aromatic N) is 2. The van der Waals surface area contributed by atoms with Gasteiger partial charge in [0.2, 0.25) is 0 Å². The van der Waals surface area contributed by atoms with Crippen LogP contribution in [0.4, 0.5) is 0 Å². The minimum Gasteiger partial charge on any atom is -0.393 e. The fourth-order valence-corrected chi connectivity index (χ4v) is 6.54. The van der Waals surface area contributed by atoms with Crippen molar-refractivity contribution in [2.24, 2.45) is 5.41 Å². The van der Waals surface area contributed by atoms with Gasteiger partial charge in [-0.25, -0.2) is 5.48 Å². The molecule has 1 aromatic heterocycles. The summed E-state index contributed by atoms with van der Waals surface area (Å²) in [6.07, 6.45) is 7.81. The standard InChI is InChI=1S/C29H31Cl2N3O4/c1-29(14-13-18(30)16-24(29)31)26-25(27(36)33-38-17-19-6-4-5-15-32-19)22-7-2-3-8-23(22)28(37)34(26)20-9-11-21(35)12-10-20/h2-8,13,15-16,20-21,25-26,35H,9-12,14,17H2,1H3,(H,33,36)/t20?,21?,25-,26-,29?/m1/s1. The zero-order valence-corrected chi connectivity index (χ0v) is 22.7. The predicted molar refractivity (Wildman–Crippen MR) is 145 cm³/mol. The van der Waals surface area contributed by atoms with Gasteiger partial charge >= 0.3 is 0 Å². The highest BCUT2D eigenvalue weighted by Gasteiger charge is 2.55. The SMILES string of the molecule is CC1([C@H]2[C@H](C(=O)NOCc3ccccn3)c3ccccc3C(=O)N2C2CCC(O)CC2)CC=C(Cl)C=C1Cl. The summed E-state index contributed by atoms with van der Waals surface area (Å²) in [6.45, 7) is 2.09. The molecule has 2 N–H and O–H groups in total. The molecular weight excluding hydrogens is 525 g/mol. The average Bonchev–Trinajstić information content (AvgIpc) is 2.92. The maximum absolute atomic E-state index is 14.1. The second-order valence-electron chi connectivity index (χ2n) is 10.5. The third-order valence-corrected chi connectivity index (χ3v) is 8.83. The zero-order valence-electron chi connectivity index (χ0n) is 21.1. The molecule has 1 saturated carbocycles. The highest BCUT2D eigenvalue weighted by molar-refractivity contribution is 6.35. The van der Waals surface area contributed by atoms with E-state index in [0.717, 1.165) is 0 Å². The maximum atomic E-state index is 14.1. The van der Waals surface area contributed by atoms with Gasteiger partial charge in [0.25, 0.3) is 11.8 Å². The molecule has 200 valence electrons. The number of aliphatic hydroxyl groups is 1. The fourth-order valence-electron chi connectivity index (χ4n) is 5.99. The van der Waals surface area contributed by atoms with Crippen molar-refractivity contribution in [3.8, 4) is 0 Å². The summed E-state index contributed by atoms with van der Waals surface area (Å²) in [5, 5.41) is 11.2. The number of nitrogens with one attached hydrogen (secondary N) is 1. The van der Waals surface area contributed by atoms with Gasteiger partial charge in [-0.05, 0) is 61.9 Å². The number of allylic oxidation sites excluding steroid dienone is 3. The topological polar surface area (TPSA) is 91.8 Å². The Balaban J connectivity index is 1.55. The van der Waals surface area contributed by atoms with Crippen molar-refractivity contribution in [3.05, 3.63) is 87.7 Å². The molecule has 0 bridgehead atoms. The molecular formula is C29H31Cl2N3O4. The van der Waals surface area contributed by atoms with Gasteiger partial charge in [0.1, 0.15) is 6.61 Å². The number of carbonyl (C=O) groups is 2. The van der Waals surface area contributed by atoms with Crippen molar-refractivity contribution in [3.63, 3.8) is 0 Å². The number of carbonyl (C=O) groups excluding carboxylic acids is 2. The molecule has 2 aliphatic carbocycles. The van der Waals surface area contributed by atoms with Crippen LogP contribution >= 0.6 is 23.2 Å². The summed E-state index contributed by atoms with van der Waals surface area (Å²) >= 11 is 13.2. The third kappa shape index (κ3) is 5.13. The molecule has 2 aromatic rings. The number of hydroxylamine groups is 1. The monoisotopic (exact) mass is 555 g/mol. The Bertz CT molecular complexity index is 1260. The largest absolute Gasteiger partial charge is 0.393 e. The van der Waals surface area contributed by atoms with Gasteiger partial charge in [0.15, 0.2) is 0 Å². The Labute approximate surface area is 232 Å². The number of benzene rings is 1. The number of aromatic nitrogens is 1. The van der Waals surface area contributed by atoms with Crippen molar-refractivity contribution in [1.29, 1.82) is 0 Å². The molecule has 0 saturated heterocycles. The summed E-state index contributed by atoms with van der Waals surface area (Å²) in [5.74, 6) is -1.24. The predicted octanol–water partition coefficient (Wildman–Crippen LogP) is 5.20. The van der Waals surface area contributed by atoms with Gasteiger partial charge in [-0.15, -0.1) is 0 Å². The van der Waals surface area contributed by atoms with E-state index in [9.17, 15) is 14.7 Å². The molecule has 1 unspecified atom stereocenters. The van der Waals surface area contributed by atoms with Crippen LogP contribution in [0.15, 0.2) is 70.9 Å². The first-order chi connectivity index (χ1) is 18.3. The highest BCUT2D eigenvalue weighted by atomic mass is 35.5. The van der Waals surface area contributed by atoms with Crippen LogP contribution in [0.2, 0.25) is 0 Å². The van der Waals surface area contributed by atoms with Crippen LogP contribution in [0.5, 0.6) is 0 Å². The first-order valence-electron chi connectivity index (χ1n) is 12.9. The quantitative estimate of drug-likeness (QED) is 0.478. The summed E-state index contributed by atoms with van der Waals surface area (Å²) in [4.78, 5) is 39.8. The molecule has 9 heteroatoms. The normalized spacial score (nSPS) is 29.3. The third-order valence-electron chi connectivity index (χ3n) is 8.02. The van der Waals surface area contributed by atoms with Crippen LogP contribution in [0.25, 0.3) is 0 Å². The smallest absolute Gasteiger partial charge is 0.254 e. The van der Waals surface area contributed by atoms with Crippen LogP contribution in [0, 0.1) is 5.41 Å². The van der Waals surface area contributed by atoms with Crippen LogP contribution in [0.1, 0.15) is 66.6 Å². The van der Waals surface area contributed by atoms with E-state index in [-0.39, 0.29) is 30.6 Å². The Morgan fingerprint density at radius 2 is 1.89 bits per heavy atom. The van der Waals surface area contributed by atoms with Crippen LogP contribution < -0.4 is 5.48 Å². The lowest BCUT2D eigenvalue weighted by molar-refractivity contribution is -0.139. The number of hydrogen-bond acceptors (Lipinski definition) is 5. The molecule has 1 aliphatic heterocycles. The van der Waals surface area contributed by atoms with Gasteiger partial charge in [-0.1, -0.05) is 60.5 Å². The molecule has 1 fully saturated rings. The van der Waals surface area contributed by atoms with E-state index in [4.69, 9.17) is 28.0 Å². The lowest BCUT2D eigenvalue weighted by atomic mass is 9.65. The van der Waals surface area contributed by atoms with Gasteiger partial charge in [-0.2, -0.15) is 0 Å². The van der Waals surface area contributed by atoms with Crippen molar-refractivity contribution in [2.75, 3.05) is 0 Å². The van der Waals surface area contributed by atoms with Crippen molar-refractivity contribution < 1.29 is 19.5 Å². The molecule has 1 aromatic carbocycles. The first kappa shape index (κ1) is 26.9. The van der Waals surface area contributed by atoms with E-state index in [0.29, 0.717) is 59.0 Å². The number of amides is 2. The molecule has 5 rings (SSSR count). The number of aliphatic hydroxyl groups excluding tert-OH is 1. The number of halogens is 2. The van der Waals surface area contributed by atoms with E-state index in [1.807, 2.05) is 54.3 Å². The van der Waals surface area contributed by atoms with Crippen molar-refractivity contribution in [1.82, 2.24) is 15.4 Å². The highest BCUT2D eigenvalue weighted by Crippen LogP contribution is 2.52. The number of pyridine rings is 1. The zero-order chi connectivity index (χ0) is 26.9. The average molecular weight is 556 g/mol. The molecule has 3 atom stereocenters. The van der Waals surface area contributed by atoms with Gasteiger partial charge < -0.3 is 10.0 Å². The molecule has 7 nitrogen and oxygen atoms in total. The van der Waals surface area contributed by atoms with E-state index in [1.54, 1.807) is 18.3 Å². The lowest BCUT2D eigenvalue weighted by Crippen LogP contribution is -2.62. The van der Waals surface area contributed by atoms with Crippen molar-refractivity contribution >= 4 is 35.0 Å². The number of fused-ring (bicyclic) bond motifs is 1. The van der Waals surface area contributed by atoms with Crippen LogP contribution in [-0.4, -0.2) is 45.0 Å². The van der Waals surface area contributed by atoms with Gasteiger partial charge in [-0.3, -0.25) is 19.4 Å². The first-order valence-corrected chi connectivity index (χ1v) is 13.7. The summed E-state index contributed by atoms with van der Waals surface area (Å²) in [5.41, 5.74) is 3.67. The Hall–Kier alpha value is -2.71. The molecule has 38 heavy (non-hydrogen) atoms. The number of rotatable bonds is 6. The van der Waals surface area contributed by atoms with Gasteiger partial charge in [0, 0.05) is 33.3 Å². The van der Waals surface area contributed by atoms with Crippen LogP contribution in [-0.2, 0) is 16.2 Å². The van der Waals surface area contributed by atoms with Crippen LogP contribution in [0.3, 0.4) is 0 Å². The molecule has 2 heterocycles. The fraction of sp³-hybridized carbons (Fsp3) is 0.414. The van der Waals surface area contributed by atoms with E-state index < -0.39 is 17.4 Å². The maximum Gasteiger partial charge on any atom is 0.254 e. The van der Waals surface area contributed by atoms with Crippen molar-refractivity contribution in [2.45, 2.75) is 69.7 Å². The number of hydrogen-bond donors (Lipinski definition) is 2. The molecule has 0 spiro atoms. The minimum atomic E-state index is -0.776. The Morgan fingerprint density at radius 3 is 2.61 bits per heavy atom. The Morgan fingerprint density at radius 1 is 1.16 bits per heavy atom. The van der Waals surface area contributed by atoms with E-state index in [2.05, 4.69) is 10.5 Å². The second-order valence-corrected chi connectivity index (χ2v) is 11.3. The second kappa shape index (κ2) is 11.2. The molecule has 2 amide bonds. The molecule has 3 aliphatic rings. The summed E-state index contributed by atoms with van der Waals surface area (Å²) < 4.78 is 0. The molecule has 0 radical (unpaired) electrons.